The molecule has 158 valence electrons. The van der Waals surface area contributed by atoms with E-state index in [2.05, 4.69) is 89.3 Å². The highest BCUT2D eigenvalue weighted by molar-refractivity contribution is 5.15. The van der Waals surface area contributed by atoms with Crippen molar-refractivity contribution in [2.24, 2.45) is 0 Å². The lowest BCUT2D eigenvalue weighted by molar-refractivity contribution is 0.164. The Morgan fingerprint density at radius 2 is 1.20 bits per heavy atom. The van der Waals surface area contributed by atoms with E-state index in [0.29, 0.717) is 6.04 Å². The van der Waals surface area contributed by atoms with Crippen LogP contribution >= 0.6 is 0 Å². The van der Waals surface area contributed by atoms with Crippen LogP contribution in [-0.4, -0.2) is 32.4 Å². The normalized spacial score (nSPS) is 12.3. The molecule has 1 unspecified atom stereocenters. The lowest BCUT2D eigenvalue weighted by Crippen LogP contribution is -2.41. The van der Waals surface area contributed by atoms with Gasteiger partial charge in [0.1, 0.15) is 0 Å². The molecule has 0 aromatic carbocycles. The minimum atomic E-state index is 0.377. The van der Waals surface area contributed by atoms with Gasteiger partial charge in [-0.2, -0.15) is 0 Å². The number of hydrogen-bond donors (Lipinski definition) is 1. The second kappa shape index (κ2) is 11.0. The van der Waals surface area contributed by atoms with E-state index in [0.717, 1.165) is 49.7 Å². The number of nitrogens with one attached hydrogen (secondary N) is 1. The molecule has 0 amide bonds. The quantitative estimate of drug-likeness (QED) is 0.545. The summed E-state index contributed by atoms with van der Waals surface area (Å²) in [6.45, 7) is 11.7. The van der Waals surface area contributed by atoms with Gasteiger partial charge < -0.3 is 5.32 Å². The first-order valence-electron chi connectivity index (χ1n) is 10.7. The zero-order valence-electron chi connectivity index (χ0n) is 18.6. The molecule has 1 atom stereocenters. The molecule has 0 saturated carbocycles. The van der Waals surface area contributed by atoms with Crippen LogP contribution in [0.25, 0.3) is 0 Å². The van der Waals surface area contributed by atoms with E-state index in [4.69, 9.17) is 0 Å². The third-order valence-corrected chi connectivity index (χ3v) is 5.32. The smallest absolute Gasteiger partial charge is 0.0544 e. The molecule has 0 radical (unpaired) electrons. The highest BCUT2D eigenvalue weighted by Gasteiger charge is 2.18. The summed E-state index contributed by atoms with van der Waals surface area (Å²) in [5.74, 6) is 0. The first-order valence-corrected chi connectivity index (χ1v) is 10.7. The summed E-state index contributed by atoms with van der Waals surface area (Å²) in [7, 11) is 0. The first kappa shape index (κ1) is 22.1. The molecule has 3 aromatic rings. The average Bonchev–Trinajstić information content (AvgIpc) is 2.75. The third-order valence-electron chi connectivity index (χ3n) is 5.32. The average molecular weight is 404 g/mol. The Hall–Kier alpha value is -2.63. The van der Waals surface area contributed by atoms with Crippen molar-refractivity contribution in [1.29, 1.82) is 0 Å². The molecule has 0 fully saturated rings. The van der Waals surface area contributed by atoms with Crippen molar-refractivity contribution in [1.82, 2.24) is 25.2 Å². The van der Waals surface area contributed by atoms with Crippen molar-refractivity contribution in [2.75, 3.05) is 6.54 Å². The molecule has 5 heteroatoms. The van der Waals surface area contributed by atoms with Crippen LogP contribution in [0.2, 0.25) is 0 Å². The van der Waals surface area contributed by atoms with Gasteiger partial charge in [-0.1, -0.05) is 25.1 Å². The molecular weight excluding hydrogens is 370 g/mol. The lowest BCUT2D eigenvalue weighted by Gasteiger charge is -2.31. The topological polar surface area (TPSA) is 53.9 Å². The van der Waals surface area contributed by atoms with Crippen molar-refractivity contribution >= 4 is 0 Å². The van der Waals surface area contributed by atoms with Crippen molar-refractivity contribution in [2.45, 2.75) is 59.8 Å². The Bertz CT molecular complexity index is 841. The molecule has 0 bridgehead atoms. The van der Waals surface area contributed by atoms with Crippen molar-refractivity contribution in [3.63, 3.8) is 0 Å². The molecule has 5 nitrogen and oxygen atoms in total. The van der Waals surface area contributed by atoms with Gasteiger partial charge in [-0.25, -0.2) is 0 Å². The Morgan fingerprint density at radius 3 is 1.60 bits per heavy atom. The van der Waals surface area contributed by atoms with Crippen LogP contribution in [0.3, 0.4) is 0 Å². The minimum absolute atomic E-state index is 0.377. The van der Waals surface area contributed by atoms with Crippen LogP contribution in [-0.2, 0) is 19.6 Å². The lowest BCUT2D eigenvalue weighted by atomic mass is 10.1. The van der Waals surface area contributed by atoms with E-state index in [1.807, 2.05) is 18.6 Å². The number of aryl methyl sites for hydroxylation is 3. The van der Waals surface area contributed by atoms with Crippen LogP contribution in [0.4, 0.5) is 0 Å². The Labute approximate surface area is 180 Å². The van der Waals surface area contributed by atoms with E-state index in [-0.39, 0.29) is 0 Å². The summed E-state index contributed by atoms with van der Waals surface area (Å²) < 4.78 is 0. The maximum absolute atomic E-state index is 4.63. The van der Waals surface area contributed by atoms with Gasteiger partial charge in [0.05, 0.1) is 17.1 Å². The van der Waals surface area contributed by atoms with Gasteiger partial charge in [-0.3, -0.25) is 19.9 Å². The Balaban J connectivity index is 1.68. The minimum Gasteiger partial charge on any atom is -0.310 e. The summed E-state index contributed by atoms with van der Waals surface area (Å²) in [5.41, 5.74) is 6.81. The standard InChI is InChI=1S/C25H33N5/c1-5-25(16-26-15-22-9-6-19(2)12-27-22)30(17-23-10-7-20(3)13-28-23)18-24-11-8-21(4)14-29-24/h6-14,25-26H,5,15-18H2,1-4H3. The van der Waals surface area contributed by atoms with Crippen LogP contribution < -0.4 is 5.32 Å². The highest BCUT2D eigenvalue weighted by Crippen LogP contribution is 2.14. The van der Waals surface area contributed by atoms with Crippen LogP contribution in [0.5, 0.6) is 0 Å². The Morgan fingerprint density at radius 1 is 0.733 bits per heavy atom. The van der Waals surface area contributed by atoms with Crippen LogP contribution in [0, 0.1) is 20.8 Å². The van der Waals surface area contributed by atoms with Gasteiger partial charge in [0.15, 0.2) is 0 Å². The fourth-order valence-corrected chi connectivity index (χ4v) is 3.42. The largest absolute Gasteiger partial charge is 0.310 e. The number of aromatic nitrogens is 3. The maximum atomic E-state index is 4.63. The number of nitrogens with zero attached hydrogens (tertiary/aromatic N) is 4. The van der Waals surface area contributed by atoms with Gasteiger partial charge in [-0.05, 0) is 62.1 Å². The summed E-state index contributed by atoms with van der Waals surface area (Å²) in [4.78, 5) is 16.2. The molecule has 0 aliphatic heterocycles. The number of hydrogen-bond acceptors (Lipinski definition) is 5. The molecule has 30 heavy (non-hydrogen) atoms. The van der Waals surface area contributed by atoms with Gasteiger partial charge in [0.25, 0.3) is 0 Å². The predicted molar refractivity (Wildman–Crippen MR) is 122 cm³/mol. The molecule has 3 aromatic heterocycles. The molecule has 0 aliphatic carbocycles. The molecule has 3 rings (SSSR count). The van der Waals surface area contributed by atoms with Gasteiger partial charge in [0.2, 0.25) is 0 Å². The van der Waals surface area contributed by atoms with Crippen molar-refractivity contribution in [3.8, 4) is 0 Å². The fourth-order valence-electron chi connectivity index (χ4n) is 3.42. The van der Waals surface area contributed by atoms with Crippen LogP contribution in [0.1, 0.15) is 47.1 Å². The summed E-state index contributed by atoms with van der Waals surface area (Å²) in [5, 5.41) is 3.60. The predicted octanol–water partition coefficient (Wildman–Crippen LogP) is 4.37. The zero-order valence-corrected chi connectivity index (χ0v) is 18.6. The Kier molecular flexibility index (Phi) is 8.05. The SMILES string of the molecule is CCC(CNCc1ccc(C)cn1)N(Cc1ccc(C)cn1)Cc1ccc(C)cn1. The molecule has 0 saturated heterocycles. The van der Waals surface area contributed by atoms with Crippen molar-refractivity contribution < 1.29 is 0 Å². The summed E-state index contributed by atoms with van der Waals surface area (Å²) in [6.07, 6.45) is 6.86. The molecule has 0 spiro atoms. The second-order valence-electron chi connectivity index (χ2n) is 8.08. The van der Waals surface area contributed by atoms with E-state index in [1.54, 1.807) is 0 Å². The number of pyridine rings is 3. The second-order valence-corrected chi connectivity index (χ2v) is 8.08. The maximum Gasteiger partial charge on any atom is 0.0544 e. The molecule has 0 aliphatic rings. The van der Waals surface area contributed by atoms with E-state index in [1.165, 1.54) is 16.7 Å². The van der Waals surface area contributed by atoms with E-state index in [9.17, 15) is 0 Å². The van der Waals surface area contributed by atoms with Crippen LogP contribution in [0.15, 0.2) is 55.0 Å². The van der Waals surface area contributed by atoms with Gasteiger partial charge >= 0.3 is 0 Å². The van der Waals surface area contributed by atoms with Crippen molar-refractivity contribution in [3.05, 3.63) is 88.8 Å². The van der Waals surface area contributed by atoms with E-state index >= 15 is 0 Å². The summed E-state index contributed by atoms with van der Waals surface area (Å²) >= 11 is 0. The van der Waals surface area contributed by atoms with Gasteiger partial charge in [0, 0.05) is 50.8 Å². The summed E-state index contributed by atoms with van der Waals surface area (Å²) in [6, 6.07) is 13.1. The number of rotatable bonds is 10. The highest BCUT2D eigenvalue weighted by atomic mass is 15.2. The zero-order chi connectivity index (χ0) is 21.3. The van der Waals surface area contributed by atoms with Gasteiger partial charge in [-0.15, -0.1) is 0 Å². The van der Waals surface area contributed by atoms with E-state index < -0.39 is 0 Å². The fraction of sp³-hybridized carbons (Fsp3) is 0.400. The third kappa shape index (κ3) is 6.71. The molecule has 3 heterocycles. The molecular formula is C25H33N5. The molecule has 1 N–H and O–H groups in total. The monoisotopic (exact) mass is 403 g/mol. The first-order chi connectivity index (χ1) is 14.5.